The first kappa shape index (κ1) is 12.1. The summed E-state index contributed by atoms with van der Waals surface area (Å²) in [6.07, 6.45) is 9.20. The standard InChI is InChI=1S/C15H25N3/c1-10(2)15-17-13(11-6-4-3-5-7-11)14(16)18(15)12-8-9-12/h10-12H,3-9,16H2,1-2H3. The van der Waals surface area contributed by atoms with Crippen LogP contribution >= 0.6 is 0 Å². The van der Waals surface area contributed by atoms with Crippen LogP contribution in [0, 0.1) is 0 Å². The van der Waals surface area contributed by atoms with Crippen LogP contribution in [-0.2, 0) is 0 Å². The topological polar surface area (TPSA) is 43.8 Å². The van der Waals surface area contributed by atoms with E-state index in [2.05, 4.69) is 18.4 Å². The van der Waals surface area contributed by atoms with Crippen molar-refractivity contribution < 1.29 is 0 Å². The number of nitrogens with zero attached hydrogens (tertiary/aromatic N) is 2. The molecule has 0 unspecified atom stereocenters. The summed E-state index contributed by atoms with van der Waals surface area (Å²) < 4.78 is 2.34. The number of hydrogen-bond donors (Lipinski definition) is 1. The lowest BCUT2D eigenvalue weighted by molar-refractivity contribution is 0.438. The van der Waals surface area contributed by atoms with Crippen molar-refractivity contribution in [2.24, 2.45) is 0 Å². The number of anilines is 1. The van der Waals surface area contributed by atoms with E-state index >= 15 is 0 Å². The Morgan fingerprint density at radius 1 is 1.11 bits per heavy atom. The molecule has 2 saturated carbocycles. The molecule has 0 saturated heterocycles. The Balaban J connectivity index is 1.96. The zero-order valence-corrected chi connectivity index (χ0v) is 11.7. The van der Waals surface area contributed by atoms with Gasteiger partial charge in [0.25, 0.3) is 0 Å². The van der Waals surface area contributed by atoms with E-state index in [4.69, 9.17) is 10.7 Å². The molecule has 100 valence electrons. The van der Waals surface area contributed by atoms with Gasteiger partial charge in [-0.2, -0.15) is 0 Å². The van der Waals surface area contributed by atoms with Crippen molar-refractivity contribution >= 4 is 5.82 Å². The van der Waals surface area contributed by atoms with Crippen molar-refractivity contribution in [2.45, 2.75) is 76.7 Å². The molecule has 1 aromatic rings. The van der Waals surface area contributed by atoms with Crippen LogP contribution in [0.25, 0.3) is 0 Å². The Kier molecular flexibility index (Phi) is 3.08. The van der Waals surface area contributed by atoms with Gasteiger partial charge in [-0.25, -0.2) is 4.98 Å². The van der Waals surface area contributed by atoms with Gasteiger partial charge < -0.3 is 10.3 Å². The first-order chi connectivity index (χ1) is 8.68. The molecule has 3 rings (SSSR count). The second-order valence-corrected chi connectivity index (χ2v) is 6.33. The third-order valence-corrected chi connectivity index (χ3v) is 4.42. The van der Waals surface area contributed by atoms with Gasteiger partial charge in [0.2, 0.25) is 0 Å². The second kappa shape index (κ2) is 4.60. The minimum Gasteiger partial charge on any atom is -0.384 e. The number of aromatic nitrogens is 2. The SMILES string of the molecule is CC(C)c1nc(C2CCCCC2)c(N)n1C1CC1. The van der Waals surface area contributed by atoms with E-state index in [1.165, 1.54) is 56.5 Å². The van der Waals surface area contributed by atoms with E-state index in [9.17, 15) is 0 Å². The summed E-state index contributed by atoms with van der Waals surface area (Å²) in [5, 5.41) is 0. The van der Waals surface area contributed by atoms with Gasteiger partial charge in [-0.15, -0.1) is 0 Å². The Labute approximate surface area is 110 Å². The Hall–Kier alpha value is -0.990. The van der Waals surface area contributed by atoms with Gasteiger partial charge in [-0.3, -0.25) is 0 Å². The number of rotatable bonds is 3. The van der Waals surface area contributed by atoms with Crippen molar-refractivity contribution in [3.8, 4) is 0 Å². The fourth-order valence-corrected chi connectivity index (χ4v) is 3.28. The van der Waals surface area contributed by atoms with Crippen molar-refractivity contribution in [2.75, 3.05) is 5.73 Å². The molecule has 2 aliphatic carbocycles. The predicted molar refractivity (Wildman–Crippen MR) is 74.8 cm³/mol. The molecule has 0 aliphatic heterocycles. The van der Waals surface area contributed by atoms with Gasteiger partial charge in [-0.1, -0.05) is 33.1 Å². The molecule has 0 bridgehead atoms. The molecule has 3 heteroatoms. The quantitative estimate of drug-likeness (QED) is 0.878. The summed E-state index contributed by atoms with van der Waals surface area (Å²) in [7, 11) is 0. The summed E-state index contributed by atoms with van der Waals surface area (Å²) in [6, 6.07) is 0.646. The van der Waals surface area contributed by atoms with Gasteiger partial charge in [0.1, 0.15) is 11.6 Å². The summed E-state index contributed by atoms with van der Waals surface area (Å²) in [5.41, 5.74) is 7.63. The van der Waals surface area contributed by atoms with E-state index in [0.717, 1.165) is 5.82 Å². The van der Waals surface area contributed by atoms with Crippen LogP contribution in [0.15, 0.2) is 0 Å². The molecular weight excluding hydrogens is 222 g/mol. The molecular formula is C15H25N3. The molecule has 0 atom stereocenters. The van der Waals surface area contributed by atoms with Gasteiger partial charge in [0.05, 0.1) is 5.69 Å². The maximum absolute atomic E-state index is 6.41. The van der Waals surface area contributed by atoms with Crippen LogP contribution in [0.1, 0.15) is 88.2 Å². The predicted octanol–water partition coefficient (Wildman–Crippen LogP) is 3.97. The van der Waals surface area contributed by atoms with E-state index in [1.54, 1.807) is 0 Å². The molecule has 1 heterocycles. The van der Waals surface area contributed by atoms with Gasteiger partial charge in [0.15, 0.2) is 0 Å². The highest BCUT2D eigenvalue weighted by Crippen LogP contribution is 2.43. The van der Waals surface area contributed by atoms with E-state index in [1.807, 2.05) is 0 Å². The maximum atomic E-state index is 6.41. The lowest BCUT2D eigenvalue weighted by Crippen LogP contribution is -2.09. The van der Waals surface area contributed by atoms with Crippen molar-refractivity contribution in [1.29, 1.82) is 0 Å². The average molecular weight is 247 g/mol. The lowest BCUT2D eigenvalue weighted by Gasteiger charge is -2.20. The second-order valence-electron chi connectivity index (χ2n) is 6.33. The Bertz CT molecular complexity index is 423. The minimum absolute atomic E-state index is 0.477. The van der Waals surface area contributed by atoms with Crippen molar-refractivity contribution in [1.82, 2.24) is 9.55 Å². The summed E-state index contributed by atoms with van der Waals surface area (Å²) in [5.74, 6) is 3.30. The van der Waals surface area contributed by atoms with E-state index < -0.39 is 0 Å². The summed E-state index contributed by atoms with van der Waals surface area (Å²) in [4.78, 5) is 4.93. The average Bonchev–Trinajstić information content (AvgIpc) is 3.14. The first-order valence-electron chi connectivity index (χ1n) is 7.56. The monoisotopic (exact) mass is 247 g/mol. The third-order valence-electron chi connectivity index (χ3n) is 4.42. The molecule has 2 aliphatic rings. The number of nitrogen functional groups attached to an aromatic ring is 1. The molecule has 0 radical (unpaired) electrons. The highest BCUT2D eigenvalue weighted by Gasteiger charge is 2.32. The summed E-state index contributed by atoms with van der Waals surface area (Å²) in [6.45, 7) is 4.45. The molecule has 0 amide bonds. The van der Waals surface area contributed by atoms with Crippen molar-refractivity contribution in [3.05, 3.63) is 11.5 Å². The van der Waals surface area contributed by atoms with Crippen LogP contribution in [0.3, 0.4) is 0 Å². The zero-order valence-electron chi connectivity index (χ0n) is 11.7. The van der Waals surface area contributed by atoms with Crippen LogP contribution in [0.5, 0.6) is 0 Å². The van der Waals surface area contributed by atoms with Crippen LogP contribution in [-0.4, -0.2) is 9.55 Å². The molecule has 1 aromatic heterocycles. The smallest absolute Gasteiger partial charge is 0.127 e. The molecule has 2 fully saturated rings. The fraction of sp³-hybridized carbons (Fsp3) is 0.800. The zero-order chi connectivity index (χ0) is 12.7. The van der Waals surface area contributed by atoms with Gasteiger partial charge in [0, 0.05) is 17.9 Å². The number of imidazole rings is 1. The third kappa shape index (κ3) is 2.04. The molecule has 0 aromatic carbocycles. The molecule has 3 nitrogen and oxygen atoms in total. The van der Waals surface area contributed by atoms with Crippen LogP contribution < -0.4 is 5.73 Å². The van der Waals surface area contributed by atoms with Crippen LogP contribution in [0.2, 0.25) is 0 Å². The summed E-state index contributed by atoms with van der Waals surface area (Å²) >= 11 is 0. The van der Waals surface area contributed by atoms with Crippen molar-refractivity contribution in [3.63, 3.8) is 0 Å². The van der Waals surface area contributed by atoms with Crippen LogP contribution in [0.4, 0.5) is 5.82 Å². The molecule has 0 spiro atoms. The number of nitrogens with two attached hydrogens (primary N) is 1. The first-order valence-corrected chi connectivity index (χ1v) is 7.56. The molecule has 2 N–H and O–H groups in total. The maximum Gasteiger partial charge on any atom is 0.127 e. The fourth-order valence-electron chi connectivity index (χ4n) is 3.28. The van der Waals surface area contributed by atoms with Gasteiger partial charge in [-0.05, 0) is 25.7 Å². The Morgan fingerprint density at radius 3 is 2.33 bits per heavy atom. The van der Waals surface area contributed by atoms with E-state index in [-0.39, 0.29) is 0 Å². The van der Waals surface area contributed by atoms with E-state index in [0.29, 0.717) is 17.9 Å². The highest BCUT2D eigenvalue weighted by atomic mass is 15.2. The normalized spacial score (nSPS) is 21.7. The largest absolute Gasteiger partial charge is 0.384 e. The Morgan fingerprint density at radius 2 is 1.78 bits per heavy atom. The molecule has 18 heavy (non-hydrogen) atoms. The van der Waals surface area contributed by atoms with Gasteiger partial charge >= 0.3 is 0 Å². The highest BCUT2D eigenvalue weighted by molar-refractivity contribution is 5.42. The number of hydrogen-bond acceptors (Lipinski definition) is 2. The minimum atomic E-state index is 0.477. The lowest BCUT2D eigenvalue weighted by atomic mass is 9.87.